The number of halogens is 1. The number of nitrogens with one attached hydrogen (secondary N) is 1. The lowest BCUT2D eigenvalue weighted by molar-refractivity contribution is 0.0686. The molecule has 132 valence electrons. The first kappa shape index (κ1) is 17.4. The Kier molecular flexibility index (Phi) is 5.06. The van der Waals surface area contributed by atoms with E-state index in [1.165, 1.54) is 0 Å². The maximum atomic E-state index is 12.9. The van der Waals surface area contributed by atoms with Gasteiger partial charge in [-0.15, -0.1) is 0 Å². The Labute approximate surface area is 148 Å². The Balaban J connectivity index is 2.12. The van der Waals surface area contributed by atoms with Crippen molar-refractivity contribution >= 4 is 17.6 Å². The van der Waals surface area contributed by atoms with Gasteiger partial charge in [0.1, 0.15) is 5.69 Å². The zero-order valence-electron chi connectivity index (χ0n) is 13.5. The molecule has 0 atom stereocenters. The number of carbonyl (C=O) groups is 1. The third kappa shape index (κ3) is 3.67. The summed E-state index contributed by atoms with van der Waals surface area (Å²) in [6.07, 6.45) is 3.15. The number of aromatic nitrogens is 2. The summed E-state index contributed by atoms with van der Waals surface area (Å²) in [6, 6.07) is 6.23. The van der Waals surface area contributed by atoms with E-state index in [0.29, 0.717) is 10.7 Å². The lowest BCUT2D eigenvalue weighted by Gasteiger charge is -2.26. The minimum atomic E-state index is -1.32. The molecule has 1 aromatic carbocycles. The van der Waals surface area contributed by atoms with Crippen molar-refractivity contribution in [2.24, 2.45) is 0 Å². The van der Waals surface area contributed by atoms with Gasteiger partial charge in [0.25, 0.3) is 5.56 Å². The van der Waals surface area contributed by atoms with Gasteiger partial charge in [0, 0.05) is 11.6 Å². The lowest BCUT2D eigenvalue weighted by atomic mass is 10.1. The molecule has 1 aliphatic rings. The molecule has 2 heterocycles. The van der Waals surface area contributed by atoms with Crippen molar-refractivity contribution in [3.05, 3.63) is 61.4 Å². The summed E-state index contributed by atoms with van der Waals surface area (Å²) in [5.41, 5.74) is -1.32. The highest BCUT2D eigenvalue weighted by molar-refractivity contribution is 6.30. The molecule has 0 spiro atoms. The van der Waals surface area contributed by atoms with Crippen LogP contribution >= 0.6 is 11.6 Å². The van der Waals surface area contributed by atoms with Crippen LogP contribution in [0, 0.1) is 0 Å². The number of H-pyrrole nitrogens is 1. The number of aromatic amines is 1. The first-order chi connectivity index (χ1) is 12.0. The van der Waals surface area contributed by atoms with Gasteiger partial charge in [-0.2, -0.15) is 0 Å². The van der Waals surface area contributed by atoms with Crippen LogP contribution in [0.1, 0.15) is 35.3 Å². The Morgan fingerprint density at radius 2 is 1.76 bits per heavy atom. The predicted octanol–water partition coefficient (Wildman–Crippen LogP) is 1.86. The molecule has 7 nitrogen and oxygen atoms in total. The molecule has 1 aliphatic heterocycles. The first-order valence-electron chi connectivity index (χ1n) is 8.07. The molecule has 0 amide bonds. The summed E-state index contributed by atoms with van der Waals surface area (Å²) in [5.74, 6) is -1.32. The van der Waals surface area contributed by atoms with Crippen LogP contribution in [0.4, 0.5) is 0 Å². The van der Waals surface area contributed by atoms with E-state index >= 15 is 0 Å². The summed E-state index contributed by atoms with van der Waals surface area (Å²) in [7, 11) is 0. The highest BCUT2D eigenvalue weighted by Gasteiger charge is 2.22. The highest BCUT2D eigenvalue weighted by Crippen LogP contribution is 2.14. The van der Waals surface area contributed by atoms with Crippen LogP contribution in [0.15, 0.2) is 33.9 Å². The lowest BCUT2D eigenvalue weighted by Crippen LogP contribution is -2.41. The molecule has 8 heteroatoms. The molecule has 0 bridgehead atoms. The fraction of sp³-hybridized carbons (Fsp3) is 0.353. The van der Waals surface area contributed by atoms with Gasteiger partial charge >= 0.3 is 11.7 Å². The third-order valence-corrected chi connectivity index (χ3v) is 4.58. The number of piperidine rings is 1. The molecule has 2 N–H and O–H groups in total. The van der Waals surface area contributed by atoms with Crippen LogP contribution in [0.5, 0.6) is 0 Å². The molecular weight excluding hydrogens is 346 g/mol. The fourth-order valence-electron chi connectivity index (χ4n) is 3.07. The number of benzene rings is 1. The average molecular weight is 364 g/mol. The van der Waals surface area contributed by atoms with Gasteiger partial charge in [0.15, 0.2) is 0 Å². The van der Waals surface area contributed by atoms with Crippen molar-refractivity contribution in [1.29, 1.82) is 0 Å². The molecule has 3 rings (SSSR count). The Hall–Kier alpha value is -2.38. The molecule has 2 aromatic rings. The smallest absolute Gasteiger partial charge is 0.352 e. The van der Waals surface area contributed by atoms with E-state index in [0.717, 1.165) is 36.9 Å². The Bertz CT molecular complexity index is 896. The predicted molar refractivity (Wildman–Crippen MR) is 93.8 cm³/mol. The number of hydrogen-bond donors (Lipinski definition) is 2. The van der Waals surface area contributed by atoms with E-state index in [4.69, 9.17) is 11.6 Å². The van der Waals surface area contributed by atoms with Gasteiger partial charge in [-0.05, 0) is 50.2 Å². The van der Waals surface area contributed by atoms with Gasteiger partial charge in [0.2, 0.25) is 0 Å². The SMILES string of the molecule is O=C(O)c1[nH]c(=O)n(-c2ccc(Cl)cc2)c(=O)c1CN1CCCCC1. The van der Waals surface area contributed by atoms with Crippen LogP contribution < -0.4 is 11.2 Å². The second kappa shape index (κ2) is 7.25. The zero-order chi connectivity index (χ0) is 18.0. The summed E-state index contributed by atoms with van der Waals surface area (Å²) < 4.78 is 0.946. The number of nitrogens with zero attached hydrogens (tertiary/aromatic N) is 2. The van der Waals surface area contributed by atoms with Crippen LogP contribution in [0.25, 0.3) is 5.69 Å². The number of hydrogen-bond acceptors (Lipinski definition) is 4. The van der Waals surface area contributed by atoms with Crippen molar-refractivity contribution in [3.8, 4) is 5.69 Å². The second-order valence-electron chi connectivity index (χ2n) is 6.04. The minimum absolute atomic E-state index is 0.0870. The molecule has 25 heavy (non-hydrogen) atoms. The summed E-state index contributed by atoms with van der Waals surface area (Å²) >= 11 is 5.85. The topological polar surface area (TPSA) is 95.4 Å². The number of carboxylic acid groups (broad SMARTS) is 1. The van der Waals surface area contributed by atoms with Gasteiger partial charge in [0.05, 0.1) is 11.3 Å². The molecule has 1 saturated heterocycles. The summed E-state index contributed by atoms with van der Waals surface area (Å²) in [6.45, 7) is 1.81. The maximum Gasteiger partial charge on any atom is 0.352 e. The van der Waals surface area contributed by atoms with Crippen molar-refractivity contribution in [3.63, 3.8) is 0 Å². The molecule has 0 aliphatic carbocycles. The molecule has 1 fully saturated rings. The van der Waals surface area contributed by atoms with Crippen LogP contribution in [0.2, 0.25) is 5.02 Å². The Morgan fingerprint density at radius 3 is 2.36 bits per heavy atom. The van der Waals surface area contributed by atoms with Crippen LogP contribution in [-0.2, 0) is 6.54 Å². The second-order valence-corrected chi connectivity index (χ2v) is 6.48. The molecule has 1 aromatic heterocycles. The third-order valence-electron chi connectivity index (χ3n) is 4.33. The fourth-order valence-corrected chi connectivity index (χ4v) is 3.19. The Morgan fingerprint density at radius 1 is 1.12 bits per heavy atom. The van der Waals surface area contributed by atoms with E-state index in [1.807, 2.05) is 4.90 Å². The largest absolute Gasteiger partial charge is 0.477 e. The van der Waals surface area contributed by atoms with Crippen molar-refractivity contribution in [2.75, 3.05) is 13.1 Å². The van der Waals surface area contributed by atoms with Crippen molar-refractivity contribution in [2.45, 2.75) is 25.8 Å². The number of likely N-dealkylation sites (tertiary alicyclic amines) is 1. The van der Waals surface area contributed by atoms with Gasteiger partial charge in [-0.1, -0.05) is 18.0 Å². The van der Waals surface area contributed by atoms with Crippen LogP contribution in [0.3, 0.4) is 0 Å². The molecule has 0 saturated carbocycles. The van der Waals surface area contributed by atoms with Gasteiger partial charge in [-0.3, -0.25) is 9.69 Å². The van der Waals surface area contributed by atoms with E-state index < -0.39 is 17.2 Å². The van der Waals surface area contributed by atoms with Gasteiger partial charge in [-0.25, -0.2) is 14.2 Å². The molecule has 0 radical (unpaired) electrons. The highest BCUT2D eigenvalue weighted by atomic mass is 35.5. The first-order valence-corrected chi connectivity index (χ1v) is 8.45. The molecular formula is C17H18ClN3O4. The molecule has 0 unspecified atom stereocenters. The van der Waals surface area contributed by atoms with E-state index in [1.54, 1.807) is 24.3 Å². The quantitative estimate of drug-likeness (QED) is 0.864. The van der Waals surface area contributed by atoms with E-state index in [9.17, 15) is 19.5 Å². The number of carboxylic acids is 1. The van der Waals surface area contributed by atoms with E-state index in [2.05, 4.69) is 4.98 Å². The monoisotopic (exact) mass is 363 g/mol. The number of rotatable bonds is 4. The van der Waals surface area contributed by atoms with Crippen LogP contribution in [-0.4, -0.2) is 38.6 Å². The standard InChI is InChI=1S/C17H18ClN3O4/c18-11-4-6-12(7-5-11)21-15(22)13(10-20-8-2-1-3-9-20)14(16(23)24)19-17(21)25/h4-7H,1-3,8-10H2,(H,19,25)(H,23,24). The van der Waals surface area contributed by atoms with Crippen molar-refractivity contribution < 1.29 is 9.90 Å². The van der Waals surface area contributed by atoms with Crippen molar-refractivity contribution in [1.82, 2.24) is 14.5 Å². The van der Waals surface area contributed by atoms with Gasteiger partial charge < -0.3 is 10.1 Å². The zero-order valence-corrected chi connectivity index (χ0v) is 14.3. The summed E-state index contributed by atoms with van der Waals surface area (Å²) in [5, 5.41) is 9.86. The normalized spacial score (nSPS) is 15.2. The average Bonchev–Trinajstić information content (AvgIpc) is 2.59. The minimum Gasteiger partial charge on any atom is -0.477 e. The summed E-state index contributed by atoms with van der Waals surface area (Å²) in [4.78, 5) is 41.1. The van der Waals surface area contributed by atoms with E-state index in [-0.39, 0.29) is 17.8 Å². The number of aromatic carboxylic acids is 1. The maximum absolute atomic E-state index is 12.9.